The minimum absolute atomic E-state index is 0.548. The fourth-order valence-electron chi connectivity index (χ4n) is 3.70. The van der Waals surface area contributed by atoms with Gasteiger partial charge in [-0.25, -0.2) is 0 Å². The highest BCUT2D eigenvalue weighted by molar-refractivity contribution is 4.95. The maximum Gasteiger partial charge on any atom is 0.0124 e. The molecular formula is C13H26N2. The second kappa shape index (κ2) is 4.06. The Morgan fingerprint density at radius 2 is 2.07 bits per heavy atom. The Morgan fingerprint density at radius 1 is 1.33 bits per heavy atom. The van der Waals surface area contributed by atoms with Crippen LogP contribution in [0.25, 0.3) is 0 Å². The van der Waals surface area contributed by atoms with Crippen molar-refractivity contribution in [2.45, 2.75) is 45.6 Å². The van der Waals surface area contributed by atoms with Crippen LogP contribution < -0.4 is 5.73 Å². The van der Waals surface area contributed by atoms with Crippen LogP contribution in [0.2, 0.25) is 0 Å². The molecule has 2 N–H and O–H groups in total. The van der Waals surface area contributed by atoms with Crippen LogP contribution in [0.5, 0.6) is 0 Å². The summed E-state index contributed by atoms with van der Waals surface area (Å²) < 4.78 is 0. The van der Waals surface area contributed by atoms with E-state index in [1.807, 2.05) is 0 Å². The number of nitrogens with zero attached hydrogens (tertiary/aromatic N) is 1. The Labute approximate surface area is 94.2 Å². The highest BCUT2D eigenvalue weighted by Crippen LogP contribution is 2.45. The highest BCUT2D eigenvalue weighted by Gasteiger charge is 2.42. The molecular weight excluding hydrogens is 184 g/mol. The number of nitrogens with two attached hydrogens (primary N) is 1. The molecule has 0 amide bonds. The van der Waals surface area contributed by atoms with E-state index >= 15 is 0 Å². The Balaban J connectivity index is 2.11. The molecule has 2 nitrogen and oxygen atoms in total. The lowest BCUT2D eigenvalue weighted by Gasteiger charge is -2.51. The van der Waals surface area contributed by atoms with Gasteiger partial charge in [-0.05, 0) is 63.1 Å². The fraction of sp³-hybridized carbons (Fsp3) is 1.00. The van der Waals surface area contributed by atoms with E-state index < -0.39 is 0 Å². The minimum atomic E-state index is 0.548. The van der Waals surface area contributed by atoms with E-state index in [1.165, 1.54) is 32.2 Å². The lowest BCUT2D eigenvalue weighted by molar-refractivity contribution is -0.00122. The smallest absolute Gasteiger partial charge is 0.0124 e. The van der Waals surface area contributed by atoms with Crippen molar-refractivity contribution in [3.05, 3.63) is 0 Å². The Hall–Kier alpha value is -0.0800. The van der Waals surface area contributed by atoms with E-state index in [0.717, 1.165) is 24.4 Å². The zero-order chi connectivity index (χ0) is 11.1. The van der Waals surface area contributed by atoms with Crippen LogP contribution in [-0.2, 0) is 0 Å². The van der Waals surface area contributed by atoms with E-state index in [9.17, 15) is 0 Å². The van der Waals surface area contributed by atoms with Crippen molar-refractivity contribution in [1.82, 2.24) is 4.90 Å². The molecule has 1 aliphatic carbocycles. The van der Waals surface area contributed by atoms with Crippen LogP contribution in [0.4, 0.5) is 0 Å². The van der Waals surface area contributed by atoms with Gasteiger partial charge in [-0.3, -0.25) is 0 Å². The molecule has 0 aromatic heterocycles. The van der Waals surface area contributed by atoms with Gasteiger partial charge in [0.1, 0.15) is 0 Å². The predicted molar refractivity (Wildman–Crippen MR) is 64.7 cm³/mol. The average Bonchev–Trinajstić information content (AvgIpc) is 2.17. The normalized spacial score (nSPS) is 41.2. The van der Waals surface area contributed by atoms with E-state index in [2.05, 4.69) is 25.8 Å². The molecule has 2 fully saturated rings. The third-order valence-electron chi connectivity index (χ3n) is 4.73. The summed E-state index contributed by atoms with van der Waals surface area (Å²) in [7, 11) is 2.29. The molecule has 2 aliphatic rings. The largest absolute Gasteiger partial charge is 0.330 e. The maximum atomic E-state index is 5.93. The number of rotatable bonds is 1. The molecule has 0 bridgehead atoms. The molecule has 0 spiro atoms. The highest BCUT2D eigenvalue weighted by atomic mass is 15.1. The third-order valence-corrected chi connectivity index (χ3v) is 4.73. The summed E-state index contributed by atoms with van der Waals surface area (Å²) in [4.78, 5) is 2.58. The second-order valence-corrected chi connectivity index (χ2v) is 6.40. The van der Waals surface area contributed by atoms with E-state index in [4.69, 9.17) is 5.73 Å². The van der Waals surface area contributed by atoms with Gasteiger partial charge >= 0.3 is 0 Å². The quantitative estimate of drug-likeness (QED) is 0.718. The monoisotopic (exact) mass is 210 g/mol. The molecule has 1 saturated heterocycles. The van der Waals surface area contributed by atoms with Crippen LogP contribution in [0.3, 0.4) is 0 Å². The first-order valence-corrected chi connectivity index (χ1v) is 6.44. The summed E-state index contributed by atoms with van der Waals surface area (Å²) in [6.07, 6.45) is 5.45. The van der Waals surface area contributed by atoms with E-state index in [0.29, 0.717) is 5.41 Å². The molecule has 1 saturated carbocycles. The van der Waals surface area contributed by atoms with Gasteiger partial charge in [0.15, 0.2) is 0 Å². The van der Waals surface area contributed by atoms with Crippen LogP contribution in [0, 0.1) is 17.3 Å². The summed E-state index contributed by atoms with van der Waals surface area (Å²) in [5, 5.41) is 0. The summed E-state index contributed by atoms with van der Waals surface area (Å²) in [5.41, 5.74) is 6.47. The third kappa shape index (κ3) is 2.21. The van der Waals surface area contributed by atoms with Crippen LogP contribution in [0.1, 0.15) is 39.5 Å². The first-order chi connectivity index (χ1) is 7.03. The van der Waals surface area contributed by atoms with Gasteiger partial charge in [-0.2, -0.15) is 0 Å². The minimum Gasteiger partial charge on any atom is -0.330 e. The van der Waals surface area contributed by atoms with Crippen molar-refractivity contribution in [3.63, 3.8) is 0 Å². The van der Waals surface area contributed by atoms with Crippen LogP contribution >= 0.6 is 0 Å². The summed E-state index contributed by atoms with van der Waals surface area (Å²) >= 11 is 0. The molecule has 2 rings (SSSR count). The Kier molecular flexibility index (Phi) is 3.09. The number of likely N-dealkylation sites (tertiary alicyclic amines) is 1. The van der Waals surface area contributed by atoms with Gasteiger partial charge in [-0.1, -0.05) is 13.8 Å². The lowest BCUT2D eigenvalue weighted by Crippen LogP contribution is -2.52. The molecule has 0 aromatic carbocycles. The predicted octanol–water partition coefficient (Wildman–Crippen LogP) is 2.09. The summed E-state index contributed by atoms with van der Waals surface area (Å²) in [5.74, 6) is 1.64. The van der Waals surface area contributed by atoms with Crippen molar-refractivity contribution < 1.29 is 0 Å². The average molecular weight is 210 g/mol. The molecule has 3 atom stereocenters. The van der Waals surface area contributed by atoms with Gasteiger partial charge in [0.25, 0.3) is 0 Å². The summed E-state index contributed by atoms with van der Waals surface area (Å²) in [6, 6.07) is 0.820. The molecule has 0 radical (unpaired) electrons. The van der Waals surface area contributed by atoms with Crippen molar-refractivity contribution in [1.29, 1.82) is 0 Å². The second-order valence-electron chi connectivity index (χ2n) is 6.40. The van der Waals surface area contributed by atoms with Crippen molar-refractivity contribution in [2.75, 3.05) is 20.1 Å². The fourth-order valence-corrected chi connectivity index (χ4v) is 3.70. The topological polar surface area (TPSA) is 29.3 Å². The molecule has 2 heteroatoms. The molecule has 1 heterocycles. The van der Waals surface area contributed by atoms with Crippen molar-refractivity contribution >= 4 is 0 Å². The number of fused-ring (bicyclic) bond motifs is 1. The Morgan fingerprint density at radius 3 is 2.73 bits per heavy atom. The number of piperidine rings is 1. The van der Waals surface area contributed by atoms with Gasteiger partial charge in [0.05, 0.1) is 0 Å². The van der Waals surface area contributed by atoms with Crippen LogP contribution in [0.15, 0.2) is 0 Å². The first-order valence-electron chi connectivity index (χ1n) is 6.44. The molecule has 1 aliphatic heterocycles. The van der Waals surface area contributed by atoms with Gasteiger partial charge < -0.3 is 10.6 Å². The van der Waals surface area contributed by atoms with Gasteiger partial charge in [-0.15, -0.1) is 0 Å². The number of hydrogen-bond acceptors (Lipinski definition) is 2. The summed E-state index contributed by atoms with van der Waals surface area (Å²) in [6.45, 7) is 6.99. The van der Waals surface area contributed by atoms with E-state index in [1.54, 1.807) is 0 Å². The standard InChI is InChI=1S/C13H26N2/c1-13(2)6-4-12-11(8-13)10(9-14)5-7-15(12)3/h10-12H,4-9,14H2,1-3H3. The first kappa shape index (κ1) is 11.4. The molecule has 0 aromatic rings. The Bertz CT molecular complexity index is 225. The van der Waals surface area contributed by atoms with Crippen molar-refractivity contribution in [3.8, 4) is 0 Å². The van der Waals surface area contributed by atoms with Crippen molar-refractivity contribution in [2.24, 2.45) is 23.0 Å². The molecule has 3 unspecified atom stereocenters. The van der Waals surface area contributed by atoms with E-state index in [-0.39, 0.29) is 0 Å². The molecule has 88 valence electrons. The van der Waals surface area contributed by atoms with Crippen LogP contribution in [-0.4, -0.2) is 31.1 Å². The molecule has 15 heavy (non-hydrogen) atoms. The SMILES string of the molecule is CN1CCC(CN)C2CC(C)(C)CCC21. The van der Waals surface area contributed by atoms with Gasteiger partial charge in [0, 0.05) is 6.04 Å². The van der Waals surface area contributed by atoms with Gasteiger partial charge in [0.2, 0.25) is 0 Å². The zero-order valence-corrected chi connectivity index (χ0v) is 10.5. The number of hydrogen-bond donors (Lipinski definition) is 1. The zero-order valence-electron chi connectivity index (χ0n) is 10.5. The maximum absolute atomic E-state index is 5.93. The lowest BCUT2D eigenvalue weighted by atomic mass is 9.63.